The summed E-state index contributed by atoms with van der Waals surface area (Å²) in [5.74, 6) is 1.04. The highest BCUT2D eigenvalue weighted by Crippen LogP contribution is 2.32. The minimum atomic E-state index is -3.26. The second-order valence-electron chi connectivity index (χ2n) is 6.73. The van der Waals surface area contributed by atoms with Gasteiger partial charge in [-0.15, -0.1) is 0 Å². The highest BCUT2D eigenvalue weighted by atomic mass is 32.2. The van der Waals surface area contributed by atoms with Crippen LogP contribution in [-0.4, -0.2) is 50.7 Å². The zero-order valence-electron chi connectivity index (χ0n) is 15.2. The van der Waals surface area contributed by atoms with Crippen molar-refractivity contribution in [1.29, 1.82) is 0 Å². The maximum atomic E-state index is 12.6. The van der Waals surface area contributed by atoms with Gasteiger partial charge in [0.25, 0.3) is 0 Å². The van der Waals surface area contributed by atoms with Gasteiger partial charge in [-0.2, -0.15) is 0 Å². The minimum absolute atomic E-state index is 0.0644. The Balaban J connectivity index is 1.64. The lowest BCUT2D eigenvalue weighted by atomic mass is 9.97. The van der Waals surface area contributed by atoms with Crippen LogP contribution in [0, 0.1) is 5.92 Å². The van der Waals surface area contributed by atoms with E-state index in [1.54, 1.807) is 6.92 Å². The number of carbonyl (C=O) groups excluding carboxylic acids is 1. The lowest BCUT2D eigenvalue weighted by Crippen LogP contribution is -2.46. The molecule has 2 atom stereocenters. The molecule has 1 N–H and O–H groups in total. The van der Waals surface area contributed by atoms with Crippen LogP contribution in [0.3, 0.4) is 0 Å². The molecule has 3 rings (SSSR count). The third kappa shape index (κ3) is 4.12. The standard InChI is InChI=1S/C18H26N2O5S/c1-3-26(22,23)20-8-4-5-15(12-20)18(21)19-13(2)14-6-7-16-17(11-14)25-10-9-24-16/h6-7,11,13,15H,3-5,8-10,12H2,1-2H3,(H,19,21)/t13-,15-/m1/s1. The Morgan fingerprint density at radius 2 is 2.04 bits per heavy atom. The van der Waals surface area contributed by atoms with E-state index in [4.69, 9.17) is 9.47 Å². The molecule has 1 saturated heterocycles. The Morgan fingerprint density at radius 3 is 2.77 bits per heavy atom. The molecule has 0 aliphatic carbocycles. The smallest absolute Gasteiger partial charge is 0.224 e. The van der Waals surface area contributed by atoms with Crippen LogP contribution in [0.2, 0.25) is 0 Å². The summed E-state index contributed by atoms with van der Waals surface area (Å²) < 4.78 is 36.7. The van der Waals surface area contributed by atoms with E-state index in [1.165, 1.54) is 4.31 Å². The number of benzene rings is 1. The van der Waals surface area contributed by atoms with Crippen molar-refractivity contribution in [3.63, 3.8) is 0 Å². The normalized spacial score (nSPS) is 21.8. The highest BCUT2D eigenvalue weighted by molar-refractivity contribution is 7.89. The van der Waals surface area contributed by atoms with E-state index in [2.05, 4.69) is 5.32 Å². The van der Waals surface area contributed by atoms with Crippen LogP contribution in [0.25, 0.3) is 0 Å². The Labute approximate surface area is 154 Å². The first kappa shape index (κ1) is 19.0. The number of rotatable bonds is 5. The Morgan fingerprint density at radius 1 is 1.31 bits per heavy atom. The first-order valence-electron chi connectivity index (χ1n) is 9.08. The number of piperidine rings is 1. The first-order chi connectivity index (χ1) is 12.4. The number of carbonyl (C=O) groups is 1. The van der Waals surface area contributed by atoms with E-state index in [9.17, 15) is 13.2 Å². The highest BCUT2D eigenvalue weighted by Gasteiger charge is 2.32. The Hall–Kier alpha value is -1.80. The molecule has 1 fully saturated rings. The summed E-state index contributed by atoms with van der Waals surface area (Å²) in [4.78, 5) is 12.6. The summed E-state index contributed by atoms with van der Waals surface area (Å²) >= 11 is 0. The predicted molar refractivity (Wildman–Crippen MR) is 97.7 cm³/mol. The maximum Gasteiger partial charge on any atom is 0.224 e. The van der Waals surface area contributed by atoms with Gasteiger partial charge < -0.3 is 14.8 Å². The molecule has 8 heteroatoms. The van der Waals surface area contributed by atoms with Crippen LogP contribution in [0.5, 0.6) is 11.5 Å². The van der Waals surface area contributed by atoms with Gasteiger partial charge in [0.05, 0.1) is 17.7 Å². The summed E-state index contributed by atoms with van der Waals surface area (Å²) in [6.45, 7) is 5.35. The quantitative estimate of drug-likeness (QED) is 0.838. The second kappa shape index (κ2) is 7.84. The van der Waals surface area contributed by atoms with Crippen molar-refractivity contribution in [3.8, 4) is 11.5 Å². The molecule has 1 aromatic carbocycles. The molecule has 2 heterocycles. The Kier molecular flexibility index (Phi) is 5.72. The van der Waals surface area contributed by atoms with Crippen molar-refractivity contribution < 1.29 is 22.7 Å². The van der Waals surface area contributed by atoms with Crippen LogP contribution in [0.15, 0.2) is 18.2 Å². The fourth-order valence-electron chi connectivity index (χ4n) is 3.34. The number of amides is 1. The molecule has 1 amide bonds. The first-order valence-corrected chi connectivity index (χ1v) is 10.7. The van der Waals surface area contributed by atoms with Gasteiger partial charge in [0.15, 0.2) is 11.5 Å². The van der Waals surface area contributed by atoms with E-state index < -0.39 is 10.0 Å². The zero-order valence-corrected chi connectivity index (χ0v) is 16.0. The molecule has 7 nitrogen and oxygen atoms in total. The number of fused-ring (bicyclic) bond motifs is 1. The summed E-state index contributed by atoms with van der Waals surface area (Å²) in [6.07, 6.45) is 1.41. The third-order valence-corrected chi connectivity index (χ3v) is 6.79. The number of nitrogens with zero attached hydrogens (tertiary/aromatic N) is 1. The second-order valence-corrected chi connectivity index (χ2v) is 8.99. The van der Waals surface area contributed by atoms with Crippen molar-refractivity contribution in [1.82, 2.24) is 9.62 Å². The predicted octanol–water partition coefficient (Wildman–Crippen LogP) is 1.70. The Bertz CT molecular complexity index is 765. The van der Waals surface area contributed by atoms with E-state index in [-0.39, 0.29) is 30.2 Å². The van der Waals surface area contributed by atoms with E-state index in [1.807, 2.05) is 25.1 Å². The van der Waals surface area contributed by atoms with Gasteiger partial charge in [0.1, 0.15) is 13.2 Å². The number of hydrogen-bond acceptors (Lipinski definition) is 5. The zero-order chi connectivity index (χ0) is 18.7. The lowest BCUT2D eigenvalue weighted by Gasteiger charge is -2.31. The summed E-state index contributed by atoms with van der Waals surface area (Å²) in [6, 6.07) is 5.45. The fourth-order valence-corrected chi connectivity index (χ4v) is 4.51. The minimum Gasteiger partial charge on any atom is -0.486 e. The van der Waals surface area contributed by atoms with Crippen LogP contribution < -0.4 is 14.8 Å². The van der Waals surface area contributed by atoms with Crippen LogP contribution in [-0.2, 0) is 14.8 Å². The van der Waals surface area contributed by atoms with E-state index in [0.29, 0.717) is 44.1 Å². The van der Waals surface area contributed by atoms with Gasteiger partial charge in [-0.05, 0) is 44.4 Å². The summed E-state index contributed by atoms with van der Waals surface area (Å²) in [7, 11) is -3.26. The van der Waals surface area contributed by atoms with Gasteiger partial charge in [-0.1, -0.05) is 6.07 Å². The van der Waals surface area contributed by atoms with E-state index >= 15 is 0 Å². The summed E-state index contributed by atoms with van der Waals surface area (Å²) in [5, 5.41) is 3.01. The molecule has 0 bridgehead atoms. The van der Waals surface area contributed by atoms with Gasteiger partial charge in [-0.25, -0.2) is 12.7 Å². The van der Waals surface area contributed by atoms with Crippen molar-refractivity contribution in [2.45, 2.75) is 32.7 Å². The van der Waals surface area contributed by atoms with Gasteiger partial charge >= 0.3 is 0 Å². The molecule has 0 spiro atoms. The van der Waals surface area contributed by atoms with Gasteiger partial charge in [-0.3, -0.25) is 4.79 Å². The third-order valence-electron chi connectivity index (χ3n) is 4.94. The molecule has 0 radical (unpaired) electrons. The summed E-state index contributed by atoms with van der Waals surface area (Å²) in [5.41, 5.74) is 0.927. The molecule has 0 aromatic heterocycles. The number of hydrogen-bond donors (Lipinski definition) is 1. The molecule has 26 heavy (non-hydrogen) atoms. The molecule has 1 aromatic rings. The monoisotopic (exact) mass is 382 g/mol. The lowest BCUT2D eigenvalue weighted by molar-refractivity contribution is -0.126. The van der Waals surface area contributed by atoms with E-state index in [0.717, 1.165) is 5.56 Å². The molecule has 0 saturated carbocycles. The van der Waals surface area contributed by atoms with Crippen molar-refractivity contribution >= 4 is 15.9 Å². The fraction of sp³-hybridized carbons (Fsp3) is 0.611. The molecular weight excluding hydrogens is 356 g/mol. The number of nitrogens with one attached hydrogen (secondary N) is 1. The molecular formula is C18H26N2O5S. The van der Waals surface area contributed by atoms with Crippen LogP contribution in [0.1, 0.15) is 38.3 Å². The average Bonchev–Trinajstić information content (AvgIpc) is 2.67. The molecule has 2 aliphatic rings. The van der Waals surface area contributed by atoms with Crippen molar-refractivity contribution in [3.05, 3.63) is 23.8 Å². The van der Waals surface area contributed by atoms with Crippen molar-refractivity contribution in [2.75, 3.05) is 32.1 Å². The largest absolute Gasteiger partial charge is 0.486 e. The number of ether oxygens (including phenoxy) is 2. The molecule has 2 aliphatic heterocycles. The van der Waals surface area contributed by atoms with Gasteiger partial charge in [0.2, 0.25) is 15.9 Å². The average molecular weight is 382 g/mol. The maximum absolute atomic E-state index is 12.6. The topological polar surface area (TPSA) is 84.9 Å². The van der Waals surface area contributed by atoms with Crippen LogP contribution >= 0.6 is 0 Å². The number of sulfonamides is 1. The van der Waals surface area contributed by atoms with Crippen LogP contribution in [0.4, 0.5) is 0 Å². The molecule has 144 valence electrons. The molecule has 0 unspecified atom stereocenters. The van der Waals surface area contributed by atoms with Crippen molar-refractivity contribution in [2.24, 2.45) is 5.92 Å². The van der Waals surface area contributed by atoms with Gasteiger partial charge in [0, 0.05) is 13.1 Å². The SMILES string of the molecule is CCS(=O)(=O)N1CCC[C@@H](C(=O)N[C@H](C)c2ccc3c(c2)OCCO3)C1.